The molecule has 3 unspecified atom stereocenters. The van der Waals surface area contributed by atoms with E-state index in [1.54, 1.807) is 0 Å². The lowest BCUT2D eigenvalue weighted by Crippen LogP contribution is -2.50. The molecule has 0 radical (unpaired) electrons. The van der Waals surface area contributed by atoms with Crippen molar-refractivity contribution in [3.63, 3.8) is 0 Å². The van der Waals surface area contributed by atoms with E-state index < -0.39 is 5.54 Å². The van der Waals surface area contributed by atoms with Crippen molar-refractivity contribution in [3.05, 3.63) is 0 Å². The molecule has 0 aromatic carbocycles. The number of carbonyl (C=O) groups excluding carboxylic acids is 1. The Hall–Kier alpha value is -0.610. The fourth-order valence-electron chi connectivity index (χ4n) is 2.73. The first-order chi connectivity index (χ1) is 8.92. The molecule has 0 aliphatic heterocycles. The van der Waals surface area contributed by atoms with Crippen molar-refractivity contribution in [3.8, 4) is 0 Å². The van der Waals surface area contributed by atoms with Crippen LogP contribution in [0.2, 0.25) is 0 Å². The highest BCUT2D eigenvalue weighted by atomic mass is 16.5. The first-order valence-electron chi connectivity index (χ1n) is 7.45. The molecule has 0 amide bonds. The zero-order valence-electron chi connectivity index (χ0n) is 13.2. The largest absolute Gasteiger partial charge is 0.468 e. The first-order valence-corrected chi connectivity index (χ1v) is 7.45. The molecule has 1 rings (SSSR count). The Kier molecular flexibility index (Phi) is 6.27. The standard InChI is InChI=1S/C15H30N2O2/c1-6-16-15(3,14(18)19-5)8-7-9-17(4)11-13-10-12(13)2/h12-13,16H,6-11H2,1-5H3. The highest BCUT2D eigenvalue weighted by Gasteiger charge is 2.34. The molecule has 1 aliphatic carbocycles. The second kappa shape index (κ2) is 7.25. The Morgan fingerprint density at radius 2 is 2.16 bits per heavy atom. The second-order valence-corrected chi connectivity index (χ2v) is 6.19. The predicted octanol–water partition coefficient (Wildman–Crippen LogP) is 1.90. The van der Waals surface area contributed by atoms with Crippen molar-refractivity contribution in [2.24, 2.45) is 11.8 Å². The Bertz CT molecular complexity index is 296. The molecule has 0 spiro atoms. The van der Waals surface area contributed by atoms with Gasteiger partial charge in [0.25, 0.3) is 0 Å². The van der Waals surface area contributed by atoms with Crippen LogP contribution in [0.4, 0.5) is 0 Å². The normalized spacial score (nSPS) is 25.2. The van der Waals surface area contributed by atoms with Gasteiger partial charge in [0, 0.05) is 6.54 Å². The van der Waals surface area contributed by atoms with Gasteiger partial charge in [0.2, 0.25) is 0 Å². The van der Waals surface area contributed by atoms with E-state index in [0.717, 1.165) is 37.8 Å². The van der Waals surface area contributed by atoms with Crippen molar-refractivity contribution in [2.45, 2.75) is 45.6 Å². The first kappa shape index (κ1) is 16.4. The van der Waals surface area contributed by atoms with Crippen molar-refractivity contribution in [1.82, 2.24) is 10.2 Å². The molecule has 4 nitrogen and oxygen atoms in total. The SMILES string of the molecule is CCNC(C)(CCCN(C)CC1CC1C)C(=O)OC. The van der Waals surface area contributed by atoms with Gasteiger partial charge in [-0.2, -0.15) is 0 Å². The smallest absolute Gasteiger partial charge is 0.325 e. The summed E-state index contributed by atoms with van der Waals surface area (Å²) in [5.41, 5.74) is -0.544. The Morgan fingerprint density at radius 3 is 2.63 bits per heavy atom. The van der Waals surface area contributed by atoms with E-state index in [9.17, 15) is 4.79 Å². The van der Waals surface area contributed by atoms with Crippen molar-refractivity contribution >= 4 is 5.97 Å². The van der Waals surface area contributed by atoms with Crippen LogP contribution in [0.5, 0.6) is 0 Å². The molecule has 0 aromatic rings. The van der Waals surface area contributed by atoms with Gasteiger partial charge in [-0.1, -0.05) is 13.8 Å². The van der Waals surface area contributed by atoms with Crippen LogP contribution in [0.25, 0.3) is 0 Å². The summed E-state index contributed by atoms with van der Waals surface area (Å²) in [7, 11) is 3.63. The summed E-state index contributed by atoms with van der Waals surface area (Å²) in [6.07, 6.45) is 3.20. The fraction of sp³-hybridized carbons (Fsp3) is 0.933. The van der Waals surface area contributed by atoms with E-state index >= 15 is 0 Å². The molecule has 0 aromatic heterocycles. The Morgan fingerprint density at radius 1 is 1.53 bits per heavy atom. The third-order valence-electron chi connectivity index (χ3n) is 4.24. The fourth-order valence-corrected chi connectivity index (χ4v) is 2.73. The maximum absolute atomic E-state index is 11.8. The van der Waals surface area contributed by atoms with Gasteiger partial charge in [-0.05, 0) is 58.2 Å². The summed E-state index contributed by atoms with van der Waals surface area (Å²) in [5, 5.41) is 3.25. The molecule has 1 saturated carbocycles. The molecule has 0 bridgehead atoms. The van der Waals surface area contributed by atoms with Crippen LogP contribution in [-0.4, -0.2) is 50.2 Å². The average Bonchev–Trinajstić information content (AvgIpc) is 3.03. The second-order valence-electron chi connectivity index (χ2n) is 6.19. The summed E-state index contributed by atoms with van der Waals surface area (Å²) in [6, 6.07) is 0. The lowest BCUT2D eigenvalue weighted by Gasteiger charge is -2.28. The van der Waals surface area contributed by atoms with Crippen LogP contribution in [0.3, 0.4) is 0 Å². The number of carbonyl (C=O) groups is 1. The lowest BCUT2D eigenvalue weighted by atomic mass is 9.95. The predicted molar refractivity (Wildman–Crippen MR) is 78.1 cm³/mol. The minimum Gasteiger partial charge on any atom is -0.468 e. The molecule has 1 aliphatic rings. The molecule has 0 saturated heterocycles. The van der Waals surface area contributed by atoms with Gasteiger partial charge >= 0.3 is 5.97 Å². The zero-order chi connectivity index (χ0) is 14.5. The number of methoxy groups -OCH3 is 1. The van der Waals surface area contributed by atoms with E-state index in [1.165, 1.54) is 20.1 Å². The topological polar surface area (TPSA) is 41.6 Å². The van der Waals surface area contributed by atoms with Crippen LogP contribution in [0.15, 0.2) is 0 Å². The molecule has 112 valence electrons. The van der Waals surface area contributed by atoms with Crippen molar-refractivity contribution < 1.29 is 9.53 Å². The van der Waals surface area contributed by atoms with Crippen LogP contribution >= 0.6 is 0 Å². The van der Waals surface area contributed by atoms with Gasteiger partial charge in [0.05, 0.1) is 7.11 Å². The highest BCUT2D eigenvalue weighted by molar-refractivity contribution is 5.80. The van der Waals surface area contributed by atoms with Crippen LogP contribution < -0.4 is 5.32 Å². The number of nitrogens with one attached hydrogen (secondary N) is 1. The maximum atomic E-state index is 11.8. The van der Waals surface area contributed by atoms with Gasteiger partial charge in [0.1, 0.15) is 5.54 Å². The molecular weight excluding hydrogens is 240 g/mol. The van der Waals surface area contributed by atoms with Gasteiger partial charge < -0.3 is 15.0 Å². The van der Waals surface area contributed by atoms with Crippen LogP contribution in [0.1, 0.15) is 40.0 Å². The molecule has 4 heteroatoms. The summed E-state index contributed by atoms with van der Waals surface area (Å²) >= 11 is 0. The number of likely N-dealkylation sites (N-methyl/N-ethyl adjacent to an activating group) is 1. The average molecular weight is 270 g/mol. The minimum absolute atomic E-state index is 0.159. The summed E-state index contributed by atoms with van der Waals surface area (Å²) in [6.45, 7) is 9.28. The third-order valence-corrected chi connectivity index (χ3v) is 4.24. The number of hydrogen-bond donors (Lipinski definition) is 1. The Balaban J connectivity index is 2.29. The number of ether oxygens (including phenoxy) is 1. The maximum Gasteiger partial charge on any atom is 0.325 e. The number of hydrogen-bond acceptors (Lipinski definition) is 4. The number of rotatable bonds is 9. The minimum atomic E-state index is -0.544. The van der Waals surface area contributed by atoms with Crippen molar-refractivity contribution in [2.75, 3.05) is 33.8 Å². The molecule has 1 fully saturated rings. The molecular formula is C15H30N2O2. The van der Waals surface area contributed by atoms with E-state index in [0.29, 0.717) is 0 Å². The molecule has 1 N–H and O–H groups in total. The molecule has 19 heavy (non-hydrogen) atoms. The monoisotopic (exact) mass is 270 g/mol. The number of nitrogens with zero attached hydrogens (tertiary/aromatic N) is 1. The third kappa shape index (κ3) is 5.11. The summed E-state index contributed by atoms with van der Waals surface area (Å²) in [5.74, 6) is 1.64. The Labute approximate surface area is 117 Å². The van der Waals surface area contributed by atoms with E-state index in [1.807, 2.05) is 13.8 Å². The van der Waals surface area contributed by atoms with E-state index in [4.69, 9.17) is 4.74 Å². The van der Waals surface area contributed by atoms with Crippen LogP contribution in [0, 0.1) is 11.8 Å². The lowest BCUT2D eigenvalue weighted by molar-refractivity contribution is -0.148. The summed E-state index contributed by atoms with van der Waals surface area (Å²) in [4.78, 5) is 14.2. The highest BCUT2D eigenvalue weighted by Crippen LogP contribution is 2.37. The van der Waals surface area contributed by atoms with E-state index in [2.05, 4.69) is 24.2 Å². The quantitative estimate of drug-likeness (QED) is 0.650. The van der Waals surface area contributed by atoms with Gasteiger partial charge in [0.15, 0.2) is 0 Å². The zero-order valence-corrected chi connectivity index (χ0v) is 13.2. The summed E-state index contributed by atoms with van der Waals surface area (Å²) < 4.78 is 4.90. The molecule has 0 heterocycles. The van der Waals surface area contributed by atoms with Crippen molar-refractivity contribution in [1.29, 1.82) is 0 Å². The van der Waals surface area contributed by atoms with Gasteiger partial charge in [-0.15, -0.1) is 0 Å². The van der Waals surface area contributed by atoms with E-state index in [-0.39, 0.29) is 5.97 Å². The number of esters is 1. The van der Waals surface area contributed by atoms with Gasteiger partial charge in [-0.25, -0.2) is 0 Å². The molecule has 3 atom stereocenters. The van der Waals surface area contributed by atoms with Crippen LogP contribution in [-0.2, 0) is 9.53 Å². The van der Waals surface area contributed by atoms with Gasteiger partial charge in [-0.3, -0.25) is 4.79 Å².